The molecule has 428 valence electrons. The molecule has 0 bridgehead atoms. The summed E-state index contributed by atoms with van der Waals surface area (Å²) in [4.78, 5) is 62.5. The van der Waals surface area contributed by atoms with E-state index in [9.17, 15) is 41.5 Å². The molecule has 2 N–H and O–H groups in total. The number of hydrogen-bond acceptors (Lipinski definition) is 13. The van der Waals surface area contributed by atoms with Crippen molar-refractivity contribution in [3.63, 3.8) is 0 Å². The Morgan fingerprint density at radius 3 is 1.09 bits per heavy atom. The van der Waals surface area contributed by atoms with Gasteiger partial charge in [-0.05, 0) is 98.5 Å². The fourth-order valence-corrected chi connectivity index (χ4v) is 13.0. The van der Waals surface area contributed by atoms with Crippen molar-refractivity contribution >= 4 is 51.5 Å². The maximum Gasteiger partial charge on any atom is 0.376 e. The molecule has 6 aromatic rings. The van der Waals surface area contributed by atoms with Crippen LogP contribution in [-0.2, 0) is 74.2 Å². The average molecular weight is 1160 g/mol. The molecule has 81 heavy (non-hydrogen) atoms. The number of ether oxygens (including phenoxy) is 6. The number of benzene rings is 6. The van der Waals surface area contributed by atoms with E-state index in [1.54, 1.807) is 0 Å². The Morgan fingerprint density at radius 2 is 0.815 bits per heavy atom. The van der Waals surface area contributed by atoms with E-state index in [-0.39, 0.29) is 40.8 Å². The summed E-state index contributed by atoms with van der Waals surface area (Å²) in [6.07, 6.45) is -1.71. The summed E-state index contributed by atoms with van der Waals surface area (Å²) in [5.74, 6) is -11.9. The van der Waals surface area contributed by atoms with Gasteiger partial charge in [0.15, 0.2) is 47.4 Å². The number of ketones is 1. The summed E-state index contributed by atoms with van der Waals surface area (Å²) >= 11 is 0. The molecule has 2 aliphatic carbocycles. The first-order chi connectivity index (χ1) is 38.8. The number of cyclic esters (lactones) is 2. The predicted molar refractivity (Wildman–Crippen MR) is 292 cm³/mol. The zero-order valence-corrected chi connectivity index (χ0v) is 46.2. The molecule has 5 aliphatic rings. The van der Waals surface area contributed by atoms with Crippen LogP contribution in [0.25, 0.3) is 0 Å². The number of aliphatic hydroxyl groups is 2. The van der Waals surface area contributed by atoms with E-state index < -0.39 is 78.1 Å². The van der Waals surface area contributed by atoms with Crippen molar-refractivity contribution < 1.29 is 80.2 Å². The Morgan fingerprint density at radius 1 is 0.494 bits per heavy atom. The zero-order valence-electron chi connectivity index (χ0n) is 44.6. The molecule has 1 spiro atoms. The molecule has 0 radical (unpaired) electrons. The summed E-state index contributed by atoms with van der Waals surface area (Å²) in [6, 6.07) is 64.3. The minimum absolute atomic E-state index is 0.0146. The van der Waals surface area contributed by atoms with Crippen LogP contribution < -0.4 is 0 Å². The molecule has 6 aromatic carbocycles. The van der Waals surface area contributed by atoms with Crippen LogP contribution in [0.4, 0.5) is 17.6 Å². The smallest absolute Gasteiger partial charge is 0.376 e. The molecule has 3 aliphatic heterocycles. The topological polar surface area (TPSA) is 181 Å². The number of carbonyl (C=O) groups is 5. The Hall–Kier alpha value is -6.87. The summed E-state index contributed by atoms with van der Waals surface area (Å²) in [6.45, 7) is 1.10. The largest absolute Gasteiger partial charge is 0.461 e. The lowest BCUT2D eigenvalue weighted by atomic mass is 9.91. The molecule has 3 saturated heterocycles. The van der Waals surface area contributed by atoms with Gasteiger partial charge >= 0.3 is 35.7 Å². The number of halogens is 4. The van der Waals surface area contributed by atoms with Gasteiger partial charge in [-0.3, -0.25) is 4.79 Å². The van der Waals surface area contributed by atoms with Crippen LogP contribution in [0.15, 0.2) is 211 Å². The highest BCUT2D eigenvalue weighted by molar-refractivity contribution is 7.97. The molecule has 0 amide bonds. The maximum atomic E-state index is 12.8. The highest BCUT2D eigenvalue weighted by Crippen LogP contribution is 2.43. The molecule has 11 rings (SSSR count). The lowest BCUT2D eigenvalue weighted by Crippen LogP contribution is -2.41. The molecule has 3 heterocycles. The summed E-state index contributed by atoms with van der Waals surface area (Å²) < 4.78 is 80.2. The Kier molecular flexibility index (Phi) is 22.3. The third-order valence-electron chi connectivity index (χ3n) is 13.0. The number of esters is 4. The number of aliphatic hydroxyl groups excluding tert-OH is 2. The van der Waals surface area contributed by atoms with Crippen LogP contribution in [0.5, 0.6) is 0 Å². The minimum atomic E-state index is -3.49. The fourth-order valence-electron chi connectivity index (χ4n) is 8.82. The molecule has 19 heteroatoms. The Bertz CT molecular complexity index is 2620. The predicted octanol–water partition coefficient (Wildman–Crippen LogP) is 10.7. The first kappa shape index (κ1) is 61.7. The summed E-state index contributed by atoms with van der Waals surface area (Å²) in [5.41, 5.74) is 0. The second-order valence-electron chi connectivity index (χ2n) is 19.4. The van der Waals surface area contributed by atoms with E-state index in [0.29, 0.717) is 65.2 Å². The summed E-state index contributed by atoms with van der Waals surface area (Å²) in [5, 5.41) is 17.1. The van der Waals surface area contributed by atoms with E-state index in [4.69, 9.17) is 29.2 Å². The van der Waals surface area contributed by atoms with Crippen molar-refractivity contribution in [2.24, 2.45) is 0 Å². The van der Waals surface area contributed by atoms with Gasteiger partial charge in [-0.25, -0.2) is 19.2 Å². The first-order valence-corrected chi connectivity index (χ1v) is 28.8. The van der Waals surface area contributed by atoms with E-state index in [0.717, 1.165) is 0 Å². The van der Waals surface area contributed by atoms with Crippen molar-refractivity contribution in [2.75, 3.05) is 13.2 Å². The van der Waals surface area contributed by atoms with Gasteiger partial charge in [0, 0.05) is 39.5 Å². The van der Waals surface area contributed by atoms with Gasteiger partial charge < -0.3 is 38.6 Å². The number of Topliss-reactive ketones (excluding diaryl/α,β-unsaturated/α-hetero) is 1. The van der Waals surface area contributed by atoms with Crippen LogP contribution >= 0.6 is 0 Å². The number of fused-ring (bicyclic) bond motifs is 1. The van der Waals surface area contributed by atoms with Crippen LogP contribution in [0, 0.1) is 0 Å². The number of hydrogen-bond donors (Lipinski definition) is 2. The normalized spacial score (nSPS) is 22.2. The molecule has 2 unspecified atom stereocenters. The molecule has 0 aromatic heterocycles. The lowest BCUT2D eigenvalue weighted by molar-refractivity contribution is -0.222. The van der Waals surface area contributed by atoms with E-state index >= 15 is 0 Å². The minimum Gasteiger partial charge on any atom is -0.461 e. The number of rotatable bonds is 10. The highest BCUT2D eigenvalue weighted by atomic mass is 32.2. The quantitative estimate of drug-likeness (QED) is 0.0573. The van der Waals surface area contributed by atoms with Gasteiger partial charge in [0.2, 0.25) is 0 Å². The standard InChI is InChI=1S/2C18H15S.C13H16F2O6.C9H12F2O3.C4H6O4/c2*1-4-10-16(11-5-1)19(17-12-6-2-7-13-17)18-14-8-3-9-15-18;1-12(14,15)11(17)19-7-2-4-13(5-3-7)20-8-6-18-10(16)9(8)21-13;1-9(10,11)8(13)14-7-4-2-6(12)3-5-7;5-2-1-8-4(7)3(2)6/h2*1-15H;7-9H,2-6H2,1H3;7H,2-5H2,1H3;2-3,5-6H,1H2/q2*+1;;;/t;;;;2-,3-/m....1/s1. The van der Waals surface area contributed by atoms with Crippen LogP contribution in [0.3, 0.4) is 0 Å². The average Bonchev–Trinajstić information content (AvgIpc) is 4.13. The molecule has 5 fully saturated rings. The van der Waals surface area contributed by atoms with Crippen molar-refractivity contribution in [3.8, 4) is 0 Å². The molecule has 13 nitrogen and oxygen atoms in total. The van der Waals surface area contributed by atoms with Gasteiger partial charge in [0.05, 0.1) is 21.8 Å². The van der Waals surface area contributed by atoms with Crippen molar-refractivity contribution in [1.29, 1.82) is 0 Å². The highest BCUT2D eigenvalue weighted by Gasteiger charge is 2.56. The third-order valence-corrected chi connectivity index (χ3v) is 17.5. The lowest BCUT2D eigenvalue weighted by Gasteiger charge is -2.36. The van der Waals surface area contributed by atoms with Crippen LogP contribution in [0.1, 0.15) is 65.2 Å². The Labute approximate surface area is 473 Å². The second-order valence-corrected chi connectivity index (χ2v) is 23.4. The number of carbonyl (C=O) groups excluding carboxylic acids is 5. The van der Waals surface area contributed by atoms with Crippen LogP contribution in [-0.4, -0.2) is 107 Å². The maximum absolute atomic E-state index is 12.8. The number of alkyl halides is 4. The zero-order chi connectivity index (χ0) is 58.0. The van der Waals surface area contributed by atoms with Gasteiger partial charge in [0.25, 0.3) is 0 Å². The molecular formula is C62H64F4O13S2+2. The van der Waals surface area contributed by atoms with Gasteiger partial charge in [-0.2, -0.15) is 17.6 Å². The molecule has 2 saturated carbocycles. The molecule has 4 atom stereocenters. The van der Waals surface area contributed by atoms with Gasteiger partial charge in [0.1, 0.15) is 43.4 Å². The van der Waals surface area contributed by atoms with Gasteiger partial charge in [-0.1, -0.05) is 109 Å². The third kappa shape index (κ3) is 18.1. The fraction of sp³-hybridized carbons (Fsp3) is 0.339. The van der Waals surface area contributed by atoms with Gasteiger partial charge in [-0.15, -0.1) is 0 Å². The van der Waals surface area contributed by atoms with Crippen molar-refractivity contribution in [3.05, 3.63) is 182 Å². The van der Waals surface area contributed by atoms with Crippen LogP contribution in [0.2, 0.25) is 0 Å². The monoisotopic (exact) mass is 1160 g/mol. The van der Waals surface area contributed by atoms with E-state index in [2.05, 4.69) is 191 Å². The first-order valence-electron chi connectivity index (χ1n) is 26.3. The SMILES string of the molecule is CC(F)(F)C(=O)OC1CCC(=O)CC1.CC(F)(F)C(=O)OC1CCC2(CC1)OC1COC(=O)C1O2.O=C1OC[C@@H](O)[C@H]1O.c1ccc([S+](c2ccccc2)c2ccccc2)cc1.c1ccc([S+](c2ccccc2)c2ccccc2)cc1. The van der Waals surface area contributed by atoms with Crippen molar-refractivity contribution in [2.45, 2.75) is 149 Å². The molecular weight excluding hydrogens is 1090 g/mol. The second kappa shape index (κ2) is 29.2. The Balaban J connectivity index is 0.000000150. The van der Waals surface area contributed by atoms with E-state index in [1.807, 2.05) is 0 Å². The summed E-state index contributed by atoms with van der Waals surface area (Å²) in [7, 11) is -0.0293. The van der Waals surface area contributed by atoms with Crippen molar-refractivity contribution in [1.82, 2.24) is 0 Å². The van der Waals surface area contributed by atoms with E-state index in [1.165, 1.54) is 29.4 Å².